The second-order valence-electron chi connectivity index (χ2n) is 5.75. The number of nitrogens with zero attached hydrogens (tertiary/aromatic N) is 2. The second-order valence-corrected chi connectivity index (χ2v) is 7.48. The third kappa shape index (κ3) is 3.68. The molecule has 1 aromatic carbocycles. The fraction of sp³-hybridized carbons (Fsp3) is 0.438. The molecule has 1 fully saturated rings. The Balaban J connectivity index is 1.76. The predicted molar refractivity (Wildman–Crippen MR) is 87.2 cm³/mol. The standard InChI is InChI=1S/C16H20FN3O2S/c17-14-6-7-15(13-5-4-8-18-16(13)14)23(21,22)19-9-12-20-10-2-1-3-11-20/h4-8,19H,1-3,9-12H2. The van der Waals surface area contributed by atoms with Gasteiger partial charge in [-0.25, -0.2) is 17.5 Å². The number of rotatable bonds is 5. The van der Waals surface area contributed by atoms with Crippen molar-refractivity contribution in [2.24, 2.45) is 0 Å². The highest BCUT2D eigenvalue weighted by Crippen LogP contribution is 2.23. The summed E-state index contributed by atoms with van der Waals surface area (Å²) in [4.78, 5) is 6.26. The molecule has 0 saturated carbocycles. The minimum Gasteiger partial charge on any atom is -0.302 e. The third-order valence-electron chi connectivity index (χ3n) is 4.14. The van der Waals surface area contributed by atoms with Gasteiger partial charge in [0.15, 0.2) is 0 Å². The minimum absolute atomic E-state index is 0.0700. The van der Waals surface area contributed by atoms with Gasteiger partial charge in [-0.1, -0.05) is 6.42 Å². The first-order valence-electron chi connectivity index (χ1n) is 7.83. The first kappa shape index (κ1) is 16.3. The molecule has 0 atom stereocenters. The van der Waals surface area contributed by atoms with Crippen LogP contribution in [0.4, 0.5) is 4.39 Å². The van der Waals surface area contributed by atoms with Gasteiger partial charge in [0.25, 0.3) is 0 Å². The number of hydrogen-bond acceptors (Lipinski definition) is 4. The fourth-order valence-corrected chi connectivity index (χ4v) is 4.16. The summed E-state index contributed by atoms with van der Waals surface area (Å²) >= 11 is 0. The van der Waals surface area contributed by atoms with Crippen molar-refractivity contribution in [1.82, 2.24) is 14.6 Å². The van der Waals surface area contributed by atoms with Gasteiger partial charge in [-0.3, -0.25) is 4.98 Å². The van der Waals surface area contributed by atoms with E-state index < -0.39 is 15.8 Å². The number of fused-ring (bicyclic) bond motifs is 1. The first-order valence-corrected chi connectivity index (χ1v) is 9.31. The Morgan fingerprint density at radius 3 is 2.74 bits per heavy atom. The van der Waals surface area contributed by atoms with E-state index in [1.165, 1.54) is 31.5 Å². The third-order valence-corrected chi connectivity index (χ3v) is 5.66. The van der Waals surface area contributed by atoms with E-state index in [4.69, 9.17) is 0 Å². The van der Waals surface area contributed by atoms with Crippen LogP contribution in [0.1, 0.15) is 19.3 Å². The van der Waals surface area contributed by atoms with Crippen molar-refractivity contribution in [1.29, 1.82) is 0 Å². The summed E-state index contributed by atoms with van der Waals surface area (Å²) in [6.45, 7) is 3.08. The number of likely N-dealkylation sites (tertiary alicyclic amines) is 1. The fourth-order valence-electron chi connectivity index (χ4n) is 2.95. The minimum atomic E-state index is -3.69. The van der Waals surface area contributed by atoms with E-state index in [1.807, 2.05) is 0 Å². The Bertz CT molecular complexity index is 789. The Labute approximate surface area is 135 Å². The van der Waals surface area contributed by atoms with E-state index in [1.54, 1.807) is 12.1 Å². The van der Waals surface area contributed by atoms with Crippen molar-refractivity contribution in [2.45, 2.75) is 24.2 Å². The molecular formula is C16H20FN3O2S. The highest BCUT2D eigenvalue weighted by atomic mass is 32.2. The lowest BCUT2D eigenvalue weighted by molar-refractivity contribution is 0.233. The zero-order valence-corrected chi connectivity index (χ0v) is 13.7. The molecule has 3 rings (SSSR count). The molecule has 1 aliphatic rings. The van der Waals surface area contributed by atoms with Crippen LogP contribution in [-0.4, -0.2) is 44.5 Å². The van der Waals surface area contributed by atoms with Crippen LogP contribution in [-0.2, 0) is 10.0 Å². The molecule has 124 valence electrons. The van der Waals surface area contributed by atoms with Gasteiger partial charge in [0, 0.05) is 24.7 Å². The predicted octanol–water partition coefficient (Wildman–Crippen LogP) is 2.14. The molecule has 0 spiro atoms. The summed E-state index contributed by atoms with van der Waals surface area (Å²) in [5.41, 5.74) is 0.0754. The van der Waals surface area contributed by atoms with Gasteiger partial charge >= 0.3 is 0 Å². The van der Waals surface area contributed by atoms with Crippen LogP contribution in [0.2, 0.25) is 0 Å². The zero-order chi connectivity index (χ0) is 16.3. The maximum atomic E-state index is 13.8. The van der Waals surface area contributed by atoms with E-state index in [0.29, 0.717) is 18.5 Å². The van der Waals surface area contributed by atoms with Crippen molar-refractivity contribution in [3.05, 3.63) is 36.3 Å². The van der Waals surface area contributed by atoms with Crippen LogP contribution in [0, 0.1) is 5.82 Å². The lowest BCUT2D eigenvalue weighted by Gasteiger charge is -2.26. The molecule has 1 aliphatic heterocycles. The highest BCUT2D eigenvalue weighted by Gasteiger charge is 2.19. The smallest absolute Gasteiger partial charge is 0.241 e. The molecule has 5 nitrogen and oxygen atoms in total. The van der Waals surface area contributed by atoms with E-state index in [-0.39, 0.29) is 10.4 Å². The molecule has 0 radical (unpaired) electrons. The van der Waals surface area contributed by atoms with Crippen molar-refractivity contribution in [3.8, 4) is 0 Å². The maximum absolute atomic E-state index is 13.8. The Morgan fingerprint density at radius 2 is 1.96 bits per heavy atom. The van der Waals surface area contributed by atoms with Crippen LogP contribution >= 0.6 is 0 Å². The average Bonchev–Trinajstić information content (AvgIpc) is 2.56. The zero-order valence-electron chi connectivity index (χ0n) is 12.8. The number of aromatic nitrogens is 1. The molecule has 23 heavy (non-hydrogen) atoms. The Kier molecular flexibility index (Phi) is 4.89. The highest BCUT2D eigenvalue weighted by molar-refractivity contribution is 7.89. The van der Waals surface area contributed by atoms with Crippen molar-refractivity contribution in [3.63, 3.8) is 0 Å². The molecule has 2 heterocycles. The lowest BCUT2D eigenvalue weighted by atomic mass is 10.1. The average molecular weight is 337 g/mol. The molecule has 1 aromatic heterocycles. The summed E-state index contributed by atoms with van der Waals surface area (Å²) in [6, 6.07) is 5.62. The van der Waals surface area contributed by atoms with Crippen LogP contribution in [0.3, 0.4) is 0 Å². The van der Waals surface area contributed by atoms with Crippen molar-refractivity contribution in [2.75, 3.05) is 26.2 Å². The van der Waals surface area contributed by atoms with E-state index in [9.17, 15) is 12.8 Å². The van der Waals surface area contributed by atoms with Gasteiger partial charge in [0.05, 0.1) is 4.90 Å². The van der Waals surface area contributed by atoms with E-state index >= 15 is 0 Å². The molecule has 0 aliphatic carbocycles. The largest absolute Gasteiger partial charge is 0.302 e. The SMILES string of the molecule is O=S(=O)(NCCN1CCCCC1)c1ccc(F)c2ncccc12. The van der Waals surface area contributed by atoms with Gasteiger partial charge in [-0.15, -0.1) is 0 Å². The number of hydrogen-bond donors (Lipinski definition) is 1. The van der Waals surface area contributed by atoms with Gasteiger partial charge in [0.2, 0.25) is 10.0 Å². The summed E-state index contributed by atoms with van der Waals surface area (Å²) in [5, 5.41) is 0.304. The molecule has 1 saturated heterocycles. The molecule has 7 heteroatoms. The van der Waals surface area contributed by atoms with Gasteiger partial charge in [0.1, 0.15) is 11.3 Å². The van der Waals surface area contributed by atoms with Crippen LogP contribution in [0.5, 0.6) is 0 Å². The second kappa shape index (κ2) is 6.90. The Hall–Kier alpha value is -1.57. The number of pyridine rings is 1. The first-order chi connectivity index (χ1) is 11.1. The quantitative estimate of drug-likeness (QED) is 0.908. The van der Waals surface area contributed by atoms with Crippen LogP contribution in [0.15, 0.2) is 35.4 Å². The molecular weight excluding hydrogens is 317 g/mol. The molecule has 0 unspecified atom stereocenters. The summed E-state index contributed by atoms with van der Waals surface area (Å²) in [5.74, 6) is -0.520. The molecule has 1 N–H and O–H groups in total. The monoisotopic (exact) mass is 337 g/mol. The number of nitrogens with one attached hydrogen (secondary N) is 1. The lowest BCUT2D eigenvalue weighted by Crippen LogP contribution is -2.37. The Morgan fingerprint density at radius 1 is 1.17 bits per heavy atom. The molecule has 0 amide bonds. The van der Waals surface area contributed by atoms with E-state index in [2.05, 4.69) is 14.6 Å². The van der Waals surface area contributed by atoms with Crippen molar-refractivity contribution >= 4 is 20.9 Å². The summed E-state index contributed by atoms with van der Waals surface area (Å²) < 4.78 is 41.4. The van der Waals surface area contributed by atoms with Gasteiger partial charge in [-0.2, -0.15) is 0 Å². The van der Waals surface area contributed by atoms with Crippen LogP contribution in [0.25, 0.3) is 10.9 Å². The molecule has 0 bridgehead atoms. The molecule has 2 aromatic rings. The van der Waals surface area contributed by atoms with E-state index in [0.717, 1.165) is 19.2 Å². The van der Waals surface area contributed by atoms with Crippen molar-refractivity contribution < 1.29 is 12.8 Å². The number of sulfonamides is 1. The normalized spacial score (nSPS) is 16.7. The van der Waals surface area contributed by atoms with Crippen LogP contribution < -0.4 is 4.72 Å². The topological polar surface area (TPSA) is 62.3 Å². The summed E-state index contributed by atoms with van der Waals surface area (Å²) in [6.07, 6.45) is 5.03. The number of benzene rings is 1. The summed E-state index contributed by atoms with van der Waals surface area (Å²) in [7, 11) is -3.69. The van der Waals surface area contributed by atoms with Gasteiger partial charge < -0.3 is 4.90 Å². The maximum Gasteiger partial charge on any atom is 0.241 e. The number of halogens is 1. The number of piperidine rings is 1. The van der Waals surface area contributed by atoms with Gasteiger partial charge in [-0.05, 0) is 50.2 Å².